The van der Waals surface area contributed by atoms with Crippen LogP contribution in [-0.4, -0.2) is 12.5 Å². The summed E-state index contributed by atoms with van der Waals surface area (Å²) in [5, 5.41) is 8.86. The van der Waals surface area contributed by atoms with Crippen LogP contribution in [0.25, 0.3) is 6.08 Å². The van der Waals surface area contributed by atoms with E-state index in [2.05, 4.69) is 38.4 Å². The topological polar surface area (TPSA) is 76.1 Å². The molecule has 6 heteroatoms. The van der Waals surface area contributed by atoms with Crippen LogP contribution in [0, 0.1) is 11.3 Å². The Labute approximate surface area is 127 Å². The molecule has 0 aliphatic heterocycles. The molecule has 1 amide bonds. The average molecular weight is 386 g/mol. The maximum Gasteiger partial charge on any atom is 0.259 e. The van der Waals surface area contributed by atoms with Crippen LogP contribution >= 0.6 is 31.9 Å². The summed E-state index contributed by atoms with van der Waals surface area (Å²) in [5.74, 6) is -0.273. The molecule has 0 heterocycles. The van der Waals surface area contributed by atoms with Gasteiger partial charge >= 0.3 is 0 Å². The van der Waals surface area contributed by atoms with Gasteiger partial charge in [0.2, 0.25) is 0 Å². The number of benzene rings is 1. The first-order chi connectivity index (χ1) is 8.99. The molecule has 1 aromatic carbocycles. The van der Waals surface area contributed by atoms with Crippen molar-refractivity contribution in [2.24, 2.45) is 5.73 Å². The number of nitriles is 1. The standard InChI is InChI=1S/C13H10Br2N2O2/c1-2-3-19-12-8(4-9(7-16)13(17)18)5-10(14)6-11(12)15/h2,4-6H,1,3H2,(H2,17,18)/b9-4+. The highest BCUT2D eigenvalue weighted by Gasteiger charge is 2.11. The summed E-state index contributed by atoms with van der Waals surface area (Å²) in [6, 6.07) is 5.28. The van der Waals surface area contributed by atoms with E-state index in [1.807, 2.05) is 0 Å². The van der Waals surface area contributed by atoms with Crippen molar-refractivity contribution in [3.63, 3.8) is 0 Å². The average Bonchev–Trinajstić information content (AvgIpc) is 2.34. The van der Waals surface area contributed by atoms with Crippen LogP contribution in [0.5, 0.6) is 5.75 Å². The smallest absolute Gasteiger partial charge is 0.259 e. The van der Waals surface area contributed by atoms with Crippen molar-refractivity contribution in [1.82, 2.24) is 0 Å². The highest BCUT2D eigenvalue weighted by atomic mass is 79.9. The first-order valence-electron chi connectivity index (χ1n) is 5.14. The first-order valence-corrected chi connectivity index (χ1v) is 6.72. The molecule has 0 aliphatic carbocycles. The zero-order chi connectivity index (χ0) is 14.4. The van der Waals surface area contributed by atoms with E-state index >= 15 is 0 Å². The number of amides is 1. The third-order valence-electron chi connectivity index (χ3n) is 2.07. The first kappa shape index (κ1) is 15.5. The minimum atomic E-state index is -0.784. The van der Waals surface area contributed by atoms with Crippen molar-refractivity contribution in [2.75, 3.05) is 6.61 Å². The second-order valence-electron chi connectivity index (χ2n) is 3.44. The Morgan fingerprint density at radius 2 is 2.21 bits per heavy atom. The summed E-state index contributed by atoms with van der Waals surface area (Å²) in [4.78, 5) is 11.1. The predicted molar refractivity (Wildman–Crippen MR) is 80.3 cm³/mol. The minimum Gasteiger partial charge on any atom is -0.488 e. The van der Waals surface area contributed by atoms with Crippen LogP contribution in [0.15, 0.2) is 39.3 Å². The lowest BCUT2D eigenvalue weighted by molar-refractivity contribution is -0.114. The summed E-state index contributed by atoms with van der Waals surface area (Å²) in [6.45, 7) is 3.87. The lowest BCUT2D eigenvalue weighted by atomic mass is 10.1. The van der Waals surface area contributed by atoms with Crippen LogP contribution < -0.4 is 10.5 Å². The Hall–Kier alpha value is -1.58. The molecule has 0 fully saturated rings. The molecule has 0 saturated heterocycles. The highest BCUT2D eigenvalue weighted by molar-refractivity contribution is 9.11. The zero-order valence-corrected chi connectivity index (χ0v) is 13.0. The van der Waals surface area contributed by atoms with Crippen LogP contribution in [0.4, 0.5) is 0 Å². The van der Waals surface area contributed by atoms with Crippen LogP contribution in [0.1, 0.15) is 5.56 Å². The largest absolute Gasteiger partial charge is 0.488 e. The van der Waals surface area contributed by atoms with Gasteiger partial charge in [0, 0.05) is 10.0 Å². The Balaban J connectivity index is 3.36. The van der Waals surface area contributed by atoms with E-state index in [1.54, 1.807) is 24.3 Å². The molecule has 0 aliphatic rings. The molecule has 0 spiro atoms. The third-order valence-corrected chi connectivity index (χ3v) is 3.12. The molecule has 1 aromatic rings. The number of carbonyl (C=O) groups is 1. The normalized spacial score (nSPS) is 10.7. The van der Waals surface area contributed by atoms with Crippen molar-refractivity contribution in [1.29, 1.82) is 5.26 Å². The third kappa shape index (κ3) is 4.23. The maximum absolute atomic E-state index is 11.1. The fraction of sp³-hybridized carbons (Fsp3) is 0.0769. The lowest BCUT2D eigenvalue weighted by Gasteiger charge is -2.10. The van der Waals surface area contributed by atoms with Gasteiger partial charge in [0.1, 0.15) is 24.0 Å². The summed E-state index contributed by atoms with van der Waals surface area (Å²) in [6.07, 6.45) is 2.98. The van der Waals surface area contributed by atoms with Crippen LogP contribution in [0.3, 0.4) is 0 Å². The van der Waals surface area contributed by atoms with Crippen LogP contribution in [-0.2, 0) is 4.79 Å². The number of hydrogen-bond donors (Lipinski definition) is 1. The molecule has 1 rings (SSSR count). The number of rotatable bonds is 5. The number of hydrogen-bond acceptors (Lipinski definition) is 3. The van der Waals surface area contributed by atoms with Gasteiger partial charge in [-0.25, -0.2) is 0 Å². The molecule has 19 heavy (non-hydrogen) atoms. The Kier molecular flexibility index (Phi) is 5.80. The molecular weight excluding hydrogens is 376 g/mol. The summed E-state index contributed by atoms with van der Waals surface area (Å²) >= 11 is 6.69. The SMILES string of the molecule is C=CCOc1c(Br)cc(Br)cc1/C=C(\C#N)C(N)=O. The van der Waals surface area contributed by atoms with Gasteiger partial charge in [-0.3, -0.25) is 4.79 Å². The number of nitrogens with zero attached hydrogens (tertiary/aromatic N) is 1. The predicted octanol–water partition coefficient (Wildman–Crippen LogP) is 3.17. The molecule has 98 valence electrons. The molecule has 0 unspecified atom stereocenters. The summed E-state index contributed by atoms with van der Waals surface area (Å²) in [5.41, 5.74) is 5.53. The van der Waals surface area contributed by atoms with Crippen molar-refractivity contribution in [2.45, 2.75) is 0 Å². The van der Waals surface area contributed by atoms with E-state index in [4.69, 9.17) is 15.7 Å². The number of carbonyl (C=O) groups excluding carboxylic acids is 1. The summed E-state index contributed by atoms with van der Waals surface area (Å²) in [7, 11) is 0. The molecule has 4 nitrogen and oxygen atoms in total. The van der Waals surface area contributed by atoms with E-state index in [0.717, 1.165) is 4.47 Å². The van der Waals surface area contributed by atoms with Gasteiger partial charge in [0.05, 0.1) is 4.47 Å². The molecule has 0 aromatic heterocycles. The molecule has 0 saturated carbocycles. The molecule has 0 radical (unpaired) electrons. The Morgan fingerprint density at radius 3 is 2.74 bits per heavy atom. The maximum atomic E-state index is 11.1. The van der Waals surface area contributed by atoms with Crippen molar-refractivity contribution < 1.29 is 9.53 Å². The number of ether oxygens (including phenoxy) is 1. The van der Waals surface area contributed by atoms with Crippen molar-refractivity contribution in [3.05, 3.63) is 44.9 Å². The molecule has 0 atom stereocenters. The van der Waals surface area contributed by atoms with E-state index in [-0.39, 0.29) is 5.57 Å². The van der Waals surface area contributed by atoms with Gasteiger partial charge in [0.25, 0.3) is 5.91 Å². The zero-order valence-electron chi connectivity index (χ0n) is 9.82. The van der Waals surface area contributed by atoms with Gasteiger partial charge < -0.3 is 10.5 Å². The second kappa shape index (κ2) is 7.12. The van der Waals surface area contributed by atoms with Crippen LogP contribution in [0.2, 0.25) is 0 Å². The number of nitrogens with two attached hydrogens (primary N) is 1. The van der Waals surface area contributed by atoms with Gasteiger partial charge in [-0.05, 0) is 34.1 Å². The van der Waals surface area contributed by atoms with Gasteiger partial charge in [-0.2, -0.15) is 5.26 Å². The van der Waals surface area contributed by atoms with E-state index < -0.39 is 5.91 Å². The fourth-order valence-electron chi connectivity index (χ4n) is 1.30. The monoisotopic (exact) mass is 384 g/mol. The quantitative estimate of drug-likeness (QED) is 0.480. The van der Waals surface area contributed by atoms with E-state index in [1.165, 1.54) is 6.08 Å². The van der Waals surface area contributed by atoms with Crippen molar-refractivity contribution >= 4 is 43.8 Å². The molecular formula is C13H10Br2N2O2. The highest BCUT2D eigenvalue weighted by Crippen LogP contribution is 2.34. The van der Waals surface area contributed by atoms with Gasteiger partial charge in [-0.15, -0.1) is 0 Å². The van der Waals surface area contributed by atoms with Gasteiger partial charge in [0.15, 0.2) is 0 Å². The second-order valence-corrected chi connectivity index (χ2v) is 5.21. The van der Waals surface area contributed by atoms with E-state index in [9.17, 15) is 4.79 Å². The number of primary amides is 1. The van der Waals surface area contributed by atoms with Gasteiger partial charge in [-0.1, -0.05) is 28.6 Å². The lowest BCUT2D eigenvalue weighted by Crippen LogP contribution is -2.12. The Bertz CT molecular complexity index is 589. The van der Waals surface area contributed by atoms with Crippen molar-refractivity contribution in [3.8, 4) is 11.8 Å². The molecule has 0 bridgehead atoms. The number of halogens is 2. The fourth-order valence-corrected chi connectivity index (χ4v) is 2.67. The Morgan fingerprint density at radius 1 is 1.53 bits per heavy atom. The summed E-state index contributed by atoms with van der Waals surface area (Å²) < 4.78 is 6.97. The minimum absolute atomic E-state index is 0.145. The molecule has 2 N–H and O–H groups in total. The van der Waals surface area contributed by atoms with E-state index in [0.29, 0.717) is 22.4 Å².